The summed E-state index contributed by atoms with van der Waals surface area (Å²) in [5.41, 5.74) is 2.18. The summed E-state index contributed by atoms with van der Waals surface area (Å²) >= 11 is 1.45. The SMILES string of the molecule is CN(C)c1nc(N[C@H]2CC[C@@H](CNC(=O)c3ccccc3Sc3ccccc3C#N)CC2)nc2ccccc12. The van der Waals surface area contributed by atoms with E-state index in [0.717, 1.165) is 52.2 Å². The van der Waals surface area contributed by atoms with Gasteiger partial charge in [0.15, 0.2) is 0 Å². The third kappa shape index (κ3) is 6.32. The van der Waals surface area contributed by atoms with E-state index in [1.165, 1.54) is 11.8 Å². The van der Waals surface area contributed by atoms with Crippen LogP contribution in [-0.4, -0.2) is 42.6 Å². The lowest BCUT2D eigenvalue weighted by Crippen LogP contribution is -2.34. The Bertz CT molecular complexity index is 1510. The maximum Gasteiger partial charge on any atom is 0.252 e. The molecule has 1 heterocycles. The van der Waals surface area contributed by atoms with Crippen molar-refractivity contribution in [2.75, 3.05) is 30.9 Å². The fraction of sp³-hybridized carbons (Fsp3) is 0.290. The van der Waals surface area contributed by atoms with Crippen LogP contribution in [-0.2, 0) is 0 Å². The molecule has 0 unspecified atom stereocenters. The molecule has 0 radical (unpaired) electrons. The molecule has 198 valence electrons. The number of para-hydroxylation sites is 1. The van der Waals surface area contributed by atoms with Crippen LogP contribution in [0.25, 0.3) is 10.9 Å². The van der Waals surface area contributed by atoms with Crippen molar-refractivity contribution in [2.45, 2.75) is 41.5 Å². The average molecular weight is 537 g/mol. The van der Waals surface area contributed by atoms with E-state index in [4.69, 9.17) is 9.97 Å². The molecule has 3 aromatic carbocycles. The zero-order chi connectivity index (χ0) is 27.2. The van der Waals surface area contributed by atoms with Gasteiger partial charge in [-0.25, -0.2) is 4.98 Å². The first kappa shape index (κ1) is 26.5. The fourth-order valence-corrected chi connectivity index (χ4v) is 6.03. The van der Waals surface area contributed by atoms with Gasteiger partial charge in [0.1, 0.15) is 11.9 Å². The van der Waals surface area contributed by atoms with Crippen LogP contribution in [0.4, 0.5) is 11.8 Å². The highest BCUT2D eigenvalue weighted by Gasteiger charge is 2.23. The third-order valence-corrected chi connectivity index (χ3v) is 8.25. The van der Waals surface area contributed by atoms with Crippen molar-refractivity contribution >= 4 is 40.3 Å². The number of nitriles is 1. The molecule has 1 amide bonds. The molecule has 1 aliphatic rings. The van der Waals surface area contributed by atoms with E-state index in [1.807, 2.05) is 79.7 Å². The van der Waals surface area contributed by atoms with Gasteiger partial charge in [0.25, 0.3) is 5.91 Å². The molecule has 39 heavy (non-hydrogen) atoms. The molecular formula is C31H32N6OS. The van der Waals surface area contributed by atoms with E-state index in [-0.39, 0.29) is 5.91 Å². The Morgan fingerprint density at radius 3 is 2.41 bits per heavy atom. The first-order valence-electron chi connectivity index (χ1n) is 13.3. The summed E-state index contributed by atoms with van der Waals surface area (Å²) in [7, 11) is 4.00. The van der Waals surface area contributed by atoms with Crippen LogP contribution >= 0.6 is 11.8 Å². The van der Waals surface area contributed by atoms with Crippen molar-refractivity contribution < 1.29 is 4.79 Å². The Hall–Kier alpha value is -4.09. The van der Waals surface area contributed by atoms with Gasteiger partial charge >= 0.3 is 0 Å². The number of nitrogens with zero attached hydrogens (tertiary/aromatic N) is 4. The number of carbonyl (C=O) groups excluding carboxylic acids is 1. The molecule has 0 spiro atoms. The second kappa shape index (κ2) is 12.2. The number of hydrogen-bond acceptors (Lipinski definition) is 7. The van der Waals surface area contributed by atoms with Gasteiger partial charge in [-0.05, 0) is 68.0 Å². The Labute approximate surface area is 233 Å². The predicted octanol–water partition coefficient (Wildman–Crippen LogP) is 6.12. The molecule has 1 fully saturated rings. The monoisotopic (exact) mass is 536 g/mol. The largest absolute Gasteiger partial charge is 0.362 e. The Kier molecular flexibility index (Phi) is 8.28. The van der Waals surface area contributed by atoms with Crippen LogP contribution in [0.3, 0.4) is 0 Å². The van der Waals surface area contributed by atoms with Crippen molar-refractivity contribution in [1.82, 2.24) is 15.3 Å². The highest BCUT2D eigenvalue weighted by Crippen LogP contribution is 2.33. The summed E-state index contributed by atoms with van der Waals surface area (Å²) in [5, 5.41) is 17.2. The first-order valence-corrected chi connectivity index (χ1v) is 14.1. The first-order chi connectivity index (χ1) is 19.0. The summed E-state index contributed by atoms with van der Waals surface area (Å²) in [6.07, 6.45) is 4.06. The van der Waals surface area contributed by atoms with Crippen molar-refractivity contribution in [3.63, 3.8) is 0 Å². The van der Waals surface area contributed by atoms with Gasteiger partial charge in [-0.3, -0.25) is 4.79 Å². The van der Waals surface area contributed by atoms with Crippen molar-refractivity contribution in [3.8, 4) is 6.07 Å². The van der Waals surface area contributed by atoms with Crippen molar-refractivity contribution in [1.29, 1.82) is 5.26 Å². The molecule has 0 saturated heterocycles. The summed E-state index contributed by atoms with van der Waals surface area (Å²) < 4.78 is 0. The summed E-state index contributed by atoms with van der Waals surface area (Å²) in [6, 6.07) is 25.7. The van der Waals surface area contributed by atoms with E-state index in [1.54, 1.807) is 6.07 Å². The van der Waals surface area contributed by atoms with Crippen molar-refractivity contribution in [3.05, 3.63) is 83.9 Å². The Morgan fingerprint density at radius 2 is 1.64 bits per heavy atom. The number of aromatic nitrogens is 2. The van der Waals surface area contributed by atoms with Crippen LogP contribution in [0, 0.1) is 17.2 Å². The minimum Gasteiger partial charge on any atom is -0.362 e. The van der Waals surface area contributed by atoms with E-state index in [0.29, 0.717) is 35.6 Å². The molecular weight excluding hydrogens is 504 g/mol. The molecule has 1 aromatic heterocycles. The number of amides is 1. The number of anilines is 2. The lowest BCUT2D eigenvalue weighted by atomic mass is 9.86. The van der Waals surface area contributed by atoms with E-state index >= 15 is 0 Å². The second-order valence-corrected chi connectivity index (χ2v) is 11.1. The lowest BCUT2D eigenvalue weighted by Gasteiger charge is -2.29. The minimum absolute atomic E-state index is 0.0754. The quantitative estimate of drug-likeness (QED) is 0.280. The zero-order valence-corrected chi connectivity index (χ0v) is 23.0. The number of hydrogen-bond donors (Lipinski definition) is 2. The molecule has 2 N–H and O–H groups in total. The van der Waals surface area contributed by atoms with Crippen LogP contribution in [0.2, 0.25) is 0 Å². The zero-order valence-electron chi connectivity index (χ0n) is 22.2. The second-order valence-electron chi connectivity index (χ2n) is 10.1. The third-order valence-electron chi connectivity index (χ3n) is 7.10. The molecule has 4 aromatic rings. The molecule has 0 aliphatic heterocycles. The average Bonchev–Trinajstić information content (AvgIpc) is 2.96. The van der Waals surface area contributed by atoms with Crippen LogP contribution in [0.15, 0.2) is 82.6 Å². The number of benzene rings is 3. The maximum absolute atomic E-state index is 13.1. The standard InChI is InChI=1S/C31H32N6OS/c1-37(2)29-24-10-4-6-12-26(24)35-31(36-29)34-23-17-15-21(16-18-23)20-33-30(38)25-11-5-8-14-28(25)39-27-13-7-3-9-22(27)19-32/h3-14,21,23H,15-18,20H2,1-2H3,(H,33,38)(H,34,35,36)/t21-,23+. The van der Waals surface area contributed by atoms with Gasteiger partial charge in [-0.1, -0.05) is 48.2 Å². The van der Waals surface area contributed by atoms with E-state index in [2.05, 4.69) is 22.8 Å². The Morgan fingerprint density at radius 1 is 0.949 bits per heavy atom. The van der Waals surface area contributed by atoms with Crippen molar-refractivity contribution in [2.24, 2.45) is 5.92 Å². The van der Waals surface area contributed by atoms with Crippen LogP contribution in [0.1, 0.15) is 41.6 Å². The smallest absolute Gasteiger partial charge is 0.252 e. The maximum atomic E-state index is 13.1. The predicted molar refractivity (Wildman–Crippen MR) is 157 cm³/mol. The number of rotatable bonds is 8. The summed E-state index contributed by atoms with van der Waals surface area (Å²) in [4.78, 5) is 26.4. The van der Waals surface area contributed by atoms with Gasteiger partial charge < -0.3 is 15.5 Å². The number of carbonyl (C=O) groups is 1. The number of nitrogens with one attached hydrogen (secondary N) is 2. The molecule has 8 heteroatoms. The minimum atomic E-state index is -0.0754. The highest BCUT2D eigenvalue weighted by atomic mass is 32.2. The van der Waals surface area contributed by atoms with Gasteiger partial charge in [0, 0.05) is 41.9 Å². The van der Waals surface area contributed by atoms with Crippen LogP contribution in [0.5, 0.6) is 0 Å². The molecule has 5 rings (SSSR count). The van der Waals surface area contributed by atoms with Gasteiger partial charge in [0.2, 0.25) is 5.95 Å². The highest BCUT2D eigenvalue weighted by molar-refractivity contribution is 7.99. The lowest BCUT2D eigenvalue weighted by molar-refractivity contribution is 0.0940. The van der Waals surface area contributed by atoms with E-state index in [9.17, 15) is 10.1 Å². The normalized spacial score (nSPS) is 16.8. The van der Waals surface area contributed by atoms with Crippen LogP contribution < -0.4 is 15.5 Å². The fourth-order valence-electron chi connectivity index (χ4n) is 5.00. The molecule has 1 saturated carbocycles. The molecule has 1 aliphatic carbocycles. The van der Waals surface area contributed by atoms with Gasteiger partial charge in [0.05, 0.1) is 16.6 Å². The summed E-state index contributed by atoms with van der Waals surface area (Å²) in [5.74, 6) is 1.94. The number of fused-ring (bicyclic) bond motifs is 1. The molecule has 0 bridgehead atoms. The van der Waals surface area contributed by atoms with E-state index < -0.39 is 0 Å². The molecule has 0 atom stereocenters. The molecule has 7 nitrogen and oxygen atoms in total. The summed E-state index contributed by atoms with van der Waals surface area (Å²) in [6.45, 7) is 0.649. The topological polar surface area (TPSA) is 93.9 Å². The van der Waals surface area contributed by atoms with Gasteiger partial charge in [-0.2, -0.15) is 10.2 Å². The Balaban J connectivity index is 1.16. The van der Waals surface area contributed by atoms with Gasteiger partial charge in [-0.15, -0.1) is 0 Å².